The number of anilines is 2. The van der Waals surface area contributed by atoms with Gasteiger partial charge < -0.3 is 0 Å². The van der Waals surface area contributed by atoms with Gasteiger partial charge in [0.15, 0.2) is 0 Å². The second kappa shape index (κ2) is 5.84. The molecule has 0 saturated carbocycles. The Kier molecular flexibility index (Phi) is 3.94. The topological polar surface area (TPSA) is 41.6 Å². The number of hydroxylamine groups is 1. The van der Waals surface area contributed by atoms with E-state index in [1.54, 1.807) is 4.90 Å². The molecule has 0 radical (unpaired) electrons. The van der Waals surface area contributed by atoms with Crippen LogP contribution in [0.3, 0.4) is 0 Å². The molecule has 2 amide bonds. The molecule has 2 aromatic carbocycles. The maximum absolute atomic E-state index is 12.0. The van der Waals surface area contributed by atoms with E-state index in [2.05, 4.69) is 10.3 Å². The van der Waals surface area contributed by atoms with Crippen LogP contribution in [-0.4, -0.2) is 13.1 Å². The molecule has 0 saturated heterocycles. The molecule has 0 aliphatic rings. The summed E-state index contributed by atoms with van der Waals surface area (Å²) < 4.78 is 0. The molecule has 4 heteroatoms. The standard InChI is InChI=1S/C14H14N2O2/c1-18-15-14(17)16(12-8-4-2-5-9-12)13-10-6-3-7-11-13/h2-11H,1H3,(H,15,17). The van der Waals surface area contributed by atoms with Crippen molar-refractivity contribution in [1.82, 2.24) is 5.48 Å². The van der Waals surface area contributed by atoms with Crippen molar-refractivity contribution >= 4 is 17.4 Å². The first kappa shape index (κ1) is 12.1. The van der Waals surface area contributed by atoms with Crippen LogP contribution in [0.15, 0.2) is 60.7 Å². The predicted molar refractivity (Wildman–Crippen MR) is 70.6 cm³/mol. The van der Waals surface area contributed by atoms with Gasteiger partial charge in [0, 0.05) is 0 Å². The summed E-state index contributed by atoms with van der Waals surface area (Å²) in [5.41, 5.74) is 3.88. The van der Waals surface area contributed by atoms with Gasteiger partial charge in [-0.2, -0.15) is 0 Å². The van der Waals surface area contributed by atoms with E-state index in [1.165, 1.54) is 7.11 Å². The maximum atomic E-state index is 12.0. The van der Waals surface area contributed by atoms with Crippen LogP contribution in [0.4, 0.5) is 16.2 Å². The molecule has 2 rings (SSSR count). The zero-order chi connectivity index (χ0) is 12.8. The average molecular weight is 242 g/mol. The normalized spacial score (nSPS) is 9.83. The van der Waals surface area contributed by atoms with Crippen LogP contribution in [0, 0.1) is 0 Å². The van der Waals surface area contributed by atoms with Crippen molar-refractivity contribution < 1.29 is 9.63 Å². The number of nitrogens with one attached hydrogen (secondary N) is 1. The van der Waals surface area contributed by atoms with Crippen LogP contribution < -0.4 is 10.4 Å². The Balaban J connectivity index is 2.38. The summed E-state index contributed by atoms with van der Waals surface area (Å²) in [6, 6.07) is 18.4. The van der Waals surface area contributed by atoms with E-state index in [9.17, 15) is 4.79 Å². The minimum Gasteiger partial charge on any atom is -0.275 e. The fraction of sp³-hybridized carbons (Fsp3) is 0.0714. The van der Waals surface area contributed by atoms with Crippen molar-refractivity contribution in [3.63, 3.8) is 0 Å². The van der Waals surface area contributed by atoms with Gasteiger partial charge in [-0.25, -0.2) is 10.3 Å². The summed E-state index contributed by atoms with van der Waals surface area (Å²) in [7, 11) is 1.41. The number of rotatable bonds is 3. The lowest BCUT2D eigenvalue weighted by atomic mass is 10.2. The highest BCUT2D eigenvalue weighted by Gasteiger charge is 2.16. The zero-order valence-electron chi connectivity index (χ0n) is 10.0. The molecule has 18 heavy (non-hydrogen) atoms. The van der Waals surface area contributed by atoms with Crippen molar-refractivity contribution in [3.8, 4) is 0 Å². The summed E-state index contributed by atoms with van der Waals surface area (Å²) in [5.74, 6) is 0. The number of hydrogen-bond acceptors (Lipinski definition) is 2. The number of hydrogen-bond donors (Lipinski definition) is 1. The van der Waals surface area contributed by atoms with E-state index >= 15 is 0 Å². The number of benzene rings is 2. The third-order valence-electron chi connectivity index (χ3n) is 2.42. The summed E-state index contributed by atoms with van der Waals surface area (Å²) in [6.45, 7) is 0. The number of para-hydroxylation sites is 2. The van der Waals surface area contributed by atoms with Gasteiger partial charge in [0.25, 0.3) is 0 Å². The molecule has 0 atom stereocenters. The quantitative estimate of drug-likeness (QED) is 0.840. The summed E-state index contributed by atoms with van der Waals surface area (Å²) in [6.07, 6.45) is 0. The first-order chi connectivity index (χ1) is 8.83. The highest BCUT2D eigenvalue weighted by Crippen LogP contribution is 2.24. The maximum Gasteiger partial charge on any atom is 0.350 e. The van der Waals surface area contributed by atoms with Gasteiger partial charge in [0.1, 0.15) is 0 Å². The van der Waals surface area contributed by atoms with Crippen LogP contribution in [-0.2, 0) is 4.84 Å². The fourth-order valence-electron chi connectivity index (χ4n) is 1.67. The van der Waals surface area contributed by atoms with Crippen LogP contribution in [0.5, 0.6) is 0 Å². The SMILES string of the molecule is CONC(=O)N(c1ccccc1)c1ccccc1. The molecule has 0 bridgehead atoms. The Bertz CT molecular complexity index is 460. The minimum absolute atomic E-state index is 0.338. The number of urea groups is 1. The molecule has 0 aliphatic carbocycles. The second-order valence-electron chi connectivity index (χ2n) is 3.62. The molecular formula is C14H14N2O2. The largest absolute Gasteiger partial charge is 0.350 e. The monoisotopic (exact) mass is 242 g/mol. The third-order valence-corrected chi connectivity index (χ3v) is 2.42. The molecular weight excluding hydrogens is 228 g/mol. The lowest BCUT2D eigenvalue weighted by Gasteiger charge is -2.22. The van der Waals surface area contributed by atoms with E-state index in [1.807, 2.05) is 60.7 Å². The number of carbonyl (C=O) groups is 1. The Hall–Kier alpha value is -2.33. The molecule has 1 N–H and O–H groups in total. The molecule has 0 aromatic heterocycles. The van der Waals surface area contributed by atoms with Gasteiger partial charge in [0.05, 0.1) is 18.5 Å². The first-order valence-corrected chi connectivity index (χ1v) is 5.56. The van der Waals surface area contributed by atoms with Crippen molar-refractivity contribution in [2.45, 2.75) is 0 Å². The van der Waals surface area contributed by atoms with Crippen molar-refractivity contribution in [2.24, 2.45) is 0 Å². The highest BCUT2D eigenvalue weighted by atomic mass is 16.6. The number of nitrogens with zero attached hydrogens (tertiary/aromatic N) is 1. The molecule has 4 nitrogen and oxygen atoms in total. The van der Waals surface area contributed by atoms with Crippen LogP contribution in [0.25, 0.3) is 0 Å². The molecule has 0 spiro atoms. The summed E-state index contributed by atoms with van der Waals surface area (Å²) in [5, 5.41) is 0. The van der Waals surface area contributed by atoms with E-state index in [4.69, 9.17) is 0 Å². The van der Waals surface area contributed by atoms with Gasteiger partial charge in [-0.15, -0.1) is 0 Å². The van der Waals surface area contributed by atoms with Gasteiger partial charge >= 0.3 is 6.03 Å². The van der Waals surface area contributed by atoms with Crippen LogP contribution >= 0.6 is 0 Å². The Morgan fingerprint density at radius 3 is 1.78 bits per heavy atom. The molecule has 0 aliphatic heterocycles. The van der Waals surface area contributed by atoms with Gasteiger partial charge in [-0.1, -0.05) is 36.4 Å². The Morgan fingerprint density at radius 2 is 1.39 bits per heavy atom. The lowest BCUT2D eigenvalue weighted by Crippen LogP contribution is -2.36. The number of amides is 2. The smallest absolute Gasteiger partial charge is 0.275 e. The number of carbonyl (C=O) groups excluding carboxylic acids is 1. The van der Waals surface area contributed by atoms with Gasteiger partial charge in [0.2, 0.25) is 0 Å². The molecule has 0 fully saturated rings. The van der Waals surface area contributed by atoms with Crippen molar-refractivity contribution in [3.05, 3.63) is 60.7 Å². The van der Waals surface area contributed by atoms with Crippen LogP contribution in [0.1, 0.15) is 0 Å². The van der Waals surface area contributed by atoms with Crippen LogP contribution in [0.2, 0.25) is 0 Å². The van der Waals surface area contributed by atoms with E-state index < -0.39 is 0 Å². The molecule has 0 unspecified atom stereocenters. The molecule has 0 heterocycles. The highest BCUT2D eigenvalue weighted by molar-refractivity contribution is 5.98. The lowest BCUT2D eigenvalue weighted by molar-refractivity contribution is 0.112. The Labute approximate surface area is 106 Å². The zero-order valence-corrected chi connectivity index (χ0v) is 10.0. The average Bonchev–Trinajstić information content (AvgIpc) is 2.42. The van der Waals surface area contributed by atoms with Crippen molar-refractivity contribution in [1.29, 1.82) is 0 Å². The van der Waals surface area contributed by atoms with Crippen molar-refractivity contribution in [2.75, 3.05) is 12.0 Å². The van der Waals surface area contributed by atoms with Gasteiger partial charge in [-0.05, 0) is 24.3 Å². The Morgan fingerprint density at radius 1 is 0.944 bits per heavy atom. The first-order valence-electron chi connectivity index (χ1n) is 5.56. The minimum atomic E-state index is -0.338. The molecule has 2 aromatic rings. The van der Waals surface area contributed by atoms with Gasteiger partial charge in [-0.3, -0.25) is 9.74 Å². The molecule has 92 valence electrons. The summed E-state index contributed by atoms with van der Waals surface area (Å²) >= 11 is 0. The fourth-order valence-corrected chi connectivity index (χ4v) is 1.67. The van der Waals surface area contributed by atoms with E-state index in [-0.39, 0.29) is 6.03 Å². The summed E-state index contributed by atoms with van der Waals surface area (Å²) in [4.78, 5) is 18.3. The predicted octanol–water partition coefficient (Wildman–Crippen LogP) is 3.10. The third kappa shape index (κ3) is 2.67. The van der Waals surface area contributed by atoms with E-state index in [0.717, 1.165) is 11.4 Å². The van der Waals surface area contributed by atoms with E-state index in [0.29, 0.717) is 0 Å². The second-order valence-corrected chi connectivity index (χ2v) is 3.62.